The Hall–Kier alpha value is -4.01. The zero-order valence-corrected chi connectivity index (χ0v) is 20.2. The molecule has 4 aromatic rings. The SMILES string of the molecule is CC(OC(=O)Nc1ccc(-c2c(N)c3ccc(OCc4ncn[nH]4)cc3n2C2CCC2)cc1)C1CC1. The van der Waals surface area contributed by atoms with Crippen molar-refractivity contribution in [2.45, 2.75) is 57.8 Å². The Morgan fingerprint density at radius 2 is 2.00 bits per heavy atom. The number of H-pyrrole nitrogens is 1. The molecular weight excluding hydrogens is 456 g/mol. The van der Waals surface area contributed by atoms with Crippen LogP contribution in [0.25, 0.3) is 22.2 Å². The van der Waals surface area contributed by atoms with Crippen LogP contribution < -0.4 is 15.8 Å². The zero-order valence-electron chi connectivity index (χ0n) is 20.2. The minimum atomic E-state index is -0.414. The van der Waals surface area contributed by atoms with Crippen LogP contribution in [-0.4, -0.2) is 31.9 Å². The summed E-state index contributed by atoms with van der Waals surface area (Å²) < 4.78 is 13.8. The van der Waals surface area contributed by atoms with Crippen LogP contribution in [0.5, 0.6) is 5.75 Å². The molecule has 2 aromatic carbocycles. The van der Waals surface area contributed by atoms with Crippen molar-refractivity contribution < 1.29 is 14.3 Å². The molecule has 0 bridgehead atoms. The number of ether oxygens (including phenoxy) is 2. The Labute approximate surface area is 209 Å². The van der Waals surface area contributed by atoms with E-state index in [9.17, 15) is 4.79 Å². The Kier molecular flexibility index (Phi) is 5.75. The van der Waals surface area contributed by atoms with Gasteiger partial charge in [0, 0.05) is 28.7 Å². The van der Waals surface area contributed by atoms with Gasteiger partial charge in [0.15, 0.2) is 5.82 Å². The van der Waals surface area contributed by atoms with Crippen LogP contribution in [0.2, 0.25) is 0 Å². The summed E-state index contributed by atoms with van der Waals surface area (Å²) in [7, 11) is 0. The number of nitrogens with two attached hydrogens (primary N) is 1. The van der Waals surface area contributed by atoms with Crippen molar-refractivity contribution in [1.29, 1.82) is 0 Å². The van der Waals surface area contributed by atoms with Crippen molar-refractivity contribution in [3.05, 3.63) is 54.6 Å². The molecule has 4 N–H and O–H groups in total. The lowest BCUT2D eigenvalue weighted by atomic mass is 9.92. The lowest BCUT2D eigenvalue weighted by Gasteiger charge is -2.30. The summed E-state index contributed by atoms with van der Waals surface area (Å²) in [6.45, 7) is 2.27. The highest BCUT2D eigenvalue weighted by atomic mass is 16.6. The largest absolute Gasteiger partial charge is 0.486 e. The molecule has 2 fully saturated rings. The fourth-order valence-corrected chi connectivity index (χ4v) is 4.87. The number of benzene rings is 2. The predicted octanol–water partition coefficient (Wildman–Crippen LogP) is 5.66. The van der Waals surface area contributed by atoms with E-state index < -0.39 is 6.09 Å². The molecular formula is C27H30N6O3. The van der Waals surface area contributed by atoms with Gasteiger partial charge in [-0.15, -0.1) is 0 Å². The average Bonchev–Trinajstić information content (AvgIpc) is 3.50. The normalized spacial score (nSPS) is 16.5. The topological polar surface area (TPSA) is 120 Å². The Morgan fingerprint density at radius 3 is 2.67 bits per heavy atom. The molecule has 1 atom stereocenters. The number of carbonyl (C=O) groups excluding carboxylic acids is 1. The number of nitrogens with one attached hydrogen (secondary N) is 2. The highest BCUT2D eigenvalue weighted by molar-refractivity contribution is 6.01. The maximum Gasteiger partial charge on any atom is 0.411 e. The van der Waals surface area contributed by atoms with E-state index >= 15 is 0 Å². The first-order valence-electron chi connectivity index (χ1n) is 12.6. The summed E-state index contributed by atoms with van der Waals surface area (Å²) in [6.07, 6.45) is 6.71. The Balaban J connectivity index is 1.27. The van der Waals surface area contributed by atoms with Crippen molar-refractivity contribution in [2.75, 3.05) is 11.1 Å². The summed E-state index contributed by atoms with van der Waals surface area (Å²) >= 11 is 0. The fourth-order valence-electron chi connectivity index (χ4n) is 4.87. The third-order valence-corrected chi connectivity index (χ3v) is 7.28. The van der Waals surface area contributed by atoms with Crippen LogP contribution in [0.15, 0.2) is 48.8 Å². The molecule has 0 saturated heterocycles. The van der Waals surface area contributed by atoms with Crippen LogP contribution in [0.4, 0.5) is 16.2 Å². The lowest BCUT2D eigenvalue weighted by Crippen LogP contribution is -2.21. The monoisotopic (exact) mass is 486 g/mol. The second-order valence-corrected chi connectivity index (χ2v) is 9.77. The lowest BCUT2D eigenvalue weighted by molar-refractivity contribution is 0.108. The van der Waals surface area contributed by atoms with Crippen LogP contribution in [-0.2, 0) is 11.3 Å². The number of aromatic amines is 1. The van der Waals surface area contributed by atoms with Crippen LogP contribution in [0.3, 0.4) is 0 Å². The first-order valence-corrected chi connectivity index (χ1v) is 12.6. The highest BCUT2D eigenvalue weighted by Gasteiger charge is 2.31. The van der Waals surface area contributed by atoms with E-state index in [1.807, 2.05) is 43.3 Å². The molecule has 9 nitrogen and oxygen atoms in total. The number of hydrogen-bond acceptors (Lipinski definition) is 6. The minimum absolute atomic E-state index is 0.0492. The number of aromatic nitrogens is 4. The van der Waals surface area contributed by atoms with E-state index in [2.05, 4.69) is 31.1 Å². The summed E-state index contributed by atoms with van der Waals surface area (Å²) in [4.78, 5) is 16.4. The number of hydrogen-bond donors (Lipinski definition) is 3. The first-order chi connectivity index (χ1) is 17.6. The van der Waals surface area contributed by atoms with Crippen molar-refractivity contribution in [3.63, 3.8) is 0 Å². The van der Waals surface area contributed by atoms with Crippen molar-refractivity contribution in [2.24, 2.45) is 5.92 Å². The molecule has 2 saturated carbocycles. The highest BCUT2D eigenvalue weighted by Crippen LogP contribution is 2.45. The number of anilines is 2. The van der Waals surface area contributed by atoms with E-state index in [4.69, 9.17) is 15.2 Å². The predicted molar refractivity (Wildman–Crippen MR) is 138 cm³/mol. The second kappa shape index (κ2) is 9.22. The average molecular weight is 487 g/mol. The third kappa shape index (κ3) is 4.36. The molecule has 0 spiro atoms. The standard InChI is InChI=1S/C27H30N6O3/c1-16(17-5-6-17)36-27(34)31-19-9-7-18(8-10-19)26-25(28)22-12-11-21(35-14-24-29-15-30-32-24)13-23(22)33(26)20-3-2-4-20/h7-13,15-17,20H,2-6,14,28H2,1H3,(H,31,34)(H,29,30,32). The minimum Gasteiger partial charge on any atom is -0.486 e. The molecule has 0 aliphatic heterocycles. The molecule has 2 aromatic heterocycles. The molecule has 0 radical (unpaired) electrons. The van der Waals surface area contributed by atoms with Gasteiger partial charge in [0.05, 0.1) is 16.9 Å². The van der Waals surface area contributed by atoms with Gasteiger partial charge >= 0.3 is 6.09 Å². The van der Waals surface area contributed by atoms with Crippen LogP contribution in [0.1, 0.15) is 50.9 Å². The van der Waals surface area contributed by atoms with Gasteiger partial charge in [-0.1, -0.05) is 12.1 Å². The first kappa shape index (κ1) is 22.5. The summed E-state index contributed by atoms with van der Waals surface area (Å²) in [6, 6.07) is 14.2. The molecule has 6 rings (SSSR count). The molecule has 1 unspecified atom stereocenters. The summed E-state index contributed by atoms with van der Waals surface area (Å²) in [5, 5.41) is 10.5. The van der Waals surface area contributed by atoms with E-state index in [-0.39, 0.29) is 6.10 Å². The quantitative estimate of drug-likeness (QED) is 0.296. The molecule has 186 valence electrons. The molecule has 2 aliphatic carbocycles. The number of nitrogen functional groups attached to an aromatic ring is 1. The Morgan fingerprint density at radius 1 is 1.19 bits per heavy atom. The Bertz CT molecular complexity index is 1370. The van der Waals surface area contributed by atoms with Gasteiger partial charge in [-0.25, -0.2) is 9.78 Å². The third-order valence-electron chi connectivity index (χ3n) is 7.28. The molecule has 1 amide bonds. The van der Waals surface area contributed by atoms with Gasteiger partial charge in [-0.2, -0.15) is 5.10 Å². The maximum absolute atomic E-state index is 12.3. The maximum atomic E-state index is 12.3. The number of nitrogens with zero attached hydrogens (tertiary/aromatic N) is 3. The number of fused-ring (bicyclic) bond motifs is 1. The van der Waals surface area contributed by atoms with Crippen molar-refractivity contribution >= 4 is 28.4 Å². The van der Waals surface area contributed by atoms with Crippen LogP contribution >= 0.6 is 0 Å². The van der Waals surface area contributed by atoms with Gasteiger partial charge < -0.3 is 19.8 Å². The van der Waals surface area contributed by atoms with E-state index in [1.54, 1.807) is 0 Å². The molecule has 2 aliphatic rings. The number of rotatable bonds is 8. The van der Waals surface area contributed by atoms with E-state index in [0.717, 1.165) is 59.3 Å². The van der Waals surface area contributed by atoms with Gasteiger partial charge in [-0.3, -0.25) is 10.4 Å². The van der Waals surface area contributed by atoms with E-state index in [1.165, 1.54) is 12.7 Å². The van der Waals surface area contributed by atoms with Gasteiger partial charge in [0.2, 0.25) is 0 Å². The van der Waals surface area contributed by atoms with Gasteiger partial charge in [-0.05, 0) is 69.2 Å². The van der Waals surface area contributed by atoms with Crippen LogP contribution in [0, 0.1) is 5.92 Å². The summed E-state index contributed by atoms with van der Waals surface area (Å²) in [5.41, 5.74) is 11.2. The van der Waals surface area contributed by atoms with Crippen molar-refractivity contribution in [1.82, 2.24) is 19.7 Å². The second-order valence-electron chi connectivity index (χ2n) is 9.77. The molecule has 2 heterocycles. The summed E-state index contributed by atoms with van der Waals surface area (Å²) in [5.74, 6) is 1.92. The van der Waals surface area contributed by atoms with Gasteiger partial charge in [0.1, 0.15) is 24.8 Å². The van der Waals surface area contributed by atoms with E-state index in [0.29, 0.717) is 30.1 Å². The molecule has 36 heavy (non-hydrogen) atoms. The zero-order chi connectivity index (χ0) is 24.6. The number of amides is 1. The van der Waals surface area contributed by atoms with Crippen molar-refractivity contribution in [3.8, 4) is 17.0 Å². The smallest absolute Gasteiger partial charge is 0.411 e. The molecule has 9 heteroatoms. The van der Waals surface area contributed by atoms with Gasteiger partial charge in [0.25, 0.3) is 0 Å². The fraction of sp³-hybridized carbons (Fsp3) is 0.370. The number of carbonyl (C=O) groups is 1.